The normalized spacial score (nSPS) is 10.7. The van der Waals surface area contributed by atoms with Crippen molar-refractivity contribution in [3.63, 3.8) is 0 Å². The highest BCUT2D eigenvalue weighted by molar-refractivity contribution is 5.84. The molecule has 0 N–H and O–H groups in total. The Hall–Kier alpha value is -3.32. The molecule has 29 heavy (non-hydrogen) atoms. The van der Waals surface area contributed by atoms with Crippen LogP contribution in [0.3, 0.4) is 0 Å². The summed E-state index contributed by atoms with van der Waals surface area (Å²) in [5.74, 6) is 0.915. The molecule has 0 aliphatic rings. The third kappa shape index (κ3) is 4.25. The van der Waals surface area contributed by atoms with E-state index in [1.165, 1.54) is 11.1 Å². The van der Waals surface area contributed by atoms with Gasteiger partial charge >= 0.3 is 0 Å². The Morgan fingerprint density at radius 2 is 1.28 bits per heavy atom. The average Bonchev–Trinajstić information content (AvgIpc) is 2.75. The van der Waals surface area contributed by atoms with E-state index in [0.717, 1.165) is 39.1 Å². The summed E-state index contributed by atoms with van der Waals surface area (Å²) in [6.45, 7) is 6.85. The van der Waals surface area contributed by atoms with Gasteiger partial charge in [0.1, 0.15) is 12.4 Å². The second-order valence-electron chi connectivity index (χ2n) is 7.54. The molecule has 0 fully saturated rings. The lowest BCUT2D eigenvalue weighted by Crippen LogP contribution is -2.01. The Bertz CT molecular complexity index is 1090. The van der Waals surface area contributed by atoms with Gasteiger partial charge in [-0.15, -0.1) is 0 Å². The number of hydrogen-bond acceptors (Lipinski definition) is 1. The van der Waals surface area contributed by atoms with Crippen LogP contribution in [0.5, 0.6) is 5.75 Å². The van der Waals surface area contributed by atoms with Gasteiger partial charge in [0.05, 0.1) is 0 Å². The minimum Gasteiger partial charge on any atom is -0.488 e. The van der Waals surface area contributed by atoms with Gasteiger partial charge in [0.2, 0.25) is 0 Å². The molecule has 0 aliphatic carbocycles. The van der Waals surface area contributed by atoms with Crippen LogP contribution in [-0.4, -0.2) is 0 Å². The van der Waals surface area contributed by atoms with Gasteiger partial charge in [-0.05, 0) is 55.2 Å². The van der Waals surface area contributed by atoms with Gasteiger partial charge < -0.3 is 4.74 Å². The van der Waals surface area contributed by atoms with Crippen LogP contribution in [0.15, 0.2) is 84.9 Å². The zero-order valence-electron chi connectivity index (χ0n) is 17.2. The summed E-state index contributed by atoms with van der Waals surface area (Å²) in [4.78, 5) is 0. The first kappa shape index (κ1) is 19.0. The van der Waals surface area contributed by atoms with Crippen molar-refractivity contribution >= 4 is 0 Å². The molecule has 4 rings (SSSR count). The topological polar surface area (TPSA) is 9.23 Å². The summed E-state index contributed by atoms with van der Waals surface area (Å²) in [5, 5.41) is 0. The van der Waals surface area contributed by atoms with Crippen molar-refractivity contribution in [2.24, 2.45) is 0 Å². The van der Waals surface area contributed by atoms with Crippen LogP contribution in [0.4, 0.5) is 0 Å². The fourth-order valence-electron chi connectivity index (χ4n) is 3.52. The van der Waals surface area contributed by atoms with E-state index < -0.39 is 0 Å². The maximum atomic E-state index is 6.48. The third-order valence-corrected chi connectivity index (χ3v) is 5.21. The van der Waals surface area contributed by atoms with E-state index in [4.69, 9.17) is 4.74 Å². The Kier molecular flexibility index (Phi) is 5.48. The summed E-state index contributed by atoms with van der Waals surface area (Å²) >= 11 is 0. The van der Waals surface area contributed by atoms with Crippen molar-refractivity contribution in [3.8, 4) is 28.0 Å². The zero-order valence-corrected chi connectivity index (χ0v) is 17.2. The second kappa shape index (κ2) is 8.36. The van der Waals surface area contributed by atoms with Crippen LogP contribution < -0.4 is 4.74 Å². The summed E-state index contributed by atoms with van der Waals surface area (Å²) in [7, 11) is 0. The number of benzene rings is 4. The molecule has 1 nitrogen and oxygen atoms in total. The van der Waals surface area contributed by atoms with Crippen LogP contribution in [-0.2, 0) is 6.61 Å². The minimum atomic E-state index is 0.530. The molecular weight excluding hydrogens is 352 g/mol. The van der Waals surface area contributed by atoms with E-state index >= 15 is 0 Å². The van der Waals surface area contributed by atoms with Crippen LogP contribution in [0.2, 0.25) is 0 Å². The van der Waals surface area contributed by atoms with E-state index in [1.807, 2.05) is 18.2 Å². The van der Waals surface area contributed by atoms with Crippen LogP contribution in [0.1, 0.15) is 22.3 Å². The van der Waals surface area contributed by atoms with Gasteiger partial charge in [-0.1, -0.05) is 90.0 Å². The molecule has 0 aromatic heterocycles. The minimum absolute atomic E-state index is 0.530. The Morgan fingerprint density at radius 3 is 1.90 bits per heavy atom. The predicted molar refractivity (Wildman–Crippen MR) is 121 cm³/mol. The van der Waals surface area contributed by atoms with Crippen molar-refractivity contribution in [1.82, 2.24) is 0 Å². The lowest BCUT2D eigenvalue weighted by Gasteiger charge is -2.19. The predicted octanol–water partition coefficient (Wildman–Crippen LogP) is 7.33. The van der Waals surface area contributed by atoms with Crippen LogP contribution in [0.25, 0.3) is 22.3 Å². The molecule has 4 aromatic rings. The van der Waals surface area contributed by atoms with E-state index in [2.05, 4.69) is 93.6 Å². The highest BCUT2D eigenvalue weighted by Crippen LogP contribution is 2.41. The van der Waals surface area contributed by atoms with Gasteiger partial charge in [0.25, 0.3) is 0 Å². The summed E-state index contributed by atoms with van der Waals surface area (Å²) in [6, 6.07) is 33.0. The fourth-order valence-corrected chi connectivity index (χ4v) is 3.52. The van der Waals surface area contributed by atoms with Gasteiger partial charge in [0, 0.05) is 11.1 Å². The average molecular weight is 378 g/mol. The van der Waals surface area contributed by atoms with Crippen molar-refractivity contribution in [3.05, 3.63) is 113 Å². The van der Waals surface area contributed by atoms with Crippen molar-refractivity contribution in [2.45, 2.75) is 27.4 Å². The second-order valence-corrected chi connectivity index (χ2v) is 7.54. The number of rotatable bonds is 5. The van der Waals surface area contributed by atoms with Gasteiger partial charge in [0.15, 0.2) is 0 Å². The van der Waals surface area contributed by atoms with E-state index in [9.17, 15) is 0 Å². The Labute approximate surface area is 173 Å². The van der Waals surface area contributed by atoms with E-state index in [0.29, 0.717) is 6.61 Å². The first-order valence-electron chi connectivity index (χ1n) is 9.98. The molecule has 143 valence electrons. The monoisotopic (exact) mass is 377 g/mol. The highest BCUT2D eigenvalue weighted by Gasteiger charge is 2.16. The van der Waals surface area contributed by atoms with Crippen molar-refractivity contribution < 1.29 is 4.74 Å². The largest absolute Gasteiger partial charge is 0.488 e. The summed E-state index contributed by atoms with van der Waals surface area (Å²) in [6.07, 6.45) is 0. The molecule has 4 aromatic carbocycles. The molecule has 0 amide bonds. The molecule has 0 saturated carbocycles. The first-order chi connectivity index (χ1) is 14.1. The van der Waals surface area contributed by atoms with Gasteiger partial charge in [-0.25, -0.2) is 0 Å². The molecule has 0 heterocycles. The molecular formula is C28H25O. The Morgan fingerprint density at radius 1 is 0.690 bits per heavy atom. The lowest BCUT2D eigenvalue weighted by molar-refractivity contribution is 0.308. The quantitative estimate of drug-likeness (QED) is 0.354. The van der Waals surface area contributed by atoms with Crippen molar-refractivity contribution in [2.75, 3.05) is 0 Å². The third-order valence-electron chi connectivity index (χ3n) is 5.21. The first-order valence-corrected chi connectivity index (χ1v) is 9.98. The molecule has 0 saturated heterocycles. The zero-order chi connectivity index (χ0) is 20.2. The highest BCUT2D eigenvalue weighted by atomic mass is 16.5. The number of hydrogen-bond donors (Lipinski definition) is 0. The van der Waals surface area contributed by atoms with Gasteiger partial charge in [-0.2, -0.15) is 0 Å². The maximum absolute atomic E-state index is 6.48. The lowest BCUT2D eigenvalue weighted by atomic mass is 9.93. The van der Waals surface area contributed by atoms with E-state index in [-0.39, 0.29) is 0 Å². The molecule has 1 heteroatoms. The van der Waals surface area contributed by atoms with Gasteiger partial charge in [-0.3, -0.25) is 0 Å². The number of ether oxygens (including phenoxy) is 1. The summed E-state index contributed by atoms with van der Waals surface area (Å²) < 4.78 is 6.48. The SMILES string of the molecule is Cc1ccc(-c2c[c]c(C)c(-c3ccc(C)cc3)c2OCc2ccccc2)cc1. The molecule has 0 spiro atoms. The Balaban J connectivity index is 1.85. The standard InChI is InChI=1S/C28H25O/c1-20-9-14-24(15-10-20)26-18-13-22(3)27(25-16-11-21(2)12-17-25)28(26)29-19-23-7-5-4-6-8-23/h4-12,14-18H,19H2,1-3H3. The van der Waals surface area contributed by atoms with Crippen LogP contribution in [0, 0.1) is 26.8 Å². The molecule has 0 aliphatic heterocycles. The van der Waals surface area contributed by atoms with Crippen molar-refractivity contribution in [1.29, 1.82) is 0 Å². The van der Waals surface area contributed by atoms with Crippen LogP contribution >= 0.6 is 0 Å². The number of aryl methyl sites for hydroxylation is 3. The van der Waals surface area contributed by atoms with E-state index in [1.54, 1.807) is 0 Å². The molecule has 0 atom stereocenters. The molecule has 0 bridgehead atoms. The maximum Gasteiger partial charge on any atom is 0.135 e. The molecule has 1 radical (unpaired) electrons. The summed E-state index contributed by atoms with van der Waals surface area (Å²) in [5.41, 5.74) is 9.22. The fraction of sp³-hybridized carbons (Fsp3) is 0.143. The smallest absolute Gasteiger partial charge is 0.135 e. The molecule has 0 unspecified atom stereocenters.